The molecule has 1 N–H and O–H groups in total. The van der Waals surface area contributed by atoms with E-state index < -0.39 is 5.82 Å². The summed E-state index contributed by atoms with van der Waals surface area (Å²) in [7, 11) is 0. The van der Waals surface area contributed by atoms with E-state index in [0.29, 0.717) is 11.1 Å². The van der Waals surface area contributed by atoms with Gasteiger partial charge in [0.25, 0.3) is 0 Å². The Kier molecular flexibility index (Phi) is 4.23. The highest BCUT2D eigenvalue weighted by Gasteiger charge is 2.08. The lowest BCUT2D eigenvalue weighted by molar-refractivity contribution is -0.120. The first-order valence-electron chi connectivity index (χ1n) is 5.90. The van der Waals surface area contributed by atoms with Crippen molar-refractivity contribution < 1.29 is 13.6 Å². The van der Waals surface area contributed by atoms with Crippen LogP contribution in [-0.2, 0) is 17.8 Å². The predicted molar refractivity (Wildman–Crippen MR) is 68.4 cm³/mol. The zero-order valence-corrected chi connectivity index (χ0v) is 10.2. The van der Waals surface area contributed by atoms with E-state index in [1.165, 1.54) is 12.1 Å². The van der Waals surface area contributed by atoms with E-state index >= 15 is 0 Å². The van der Waals surface area contributed by atoms with Crippen LogP contribution in [0, 0.1) is 11.6 Å². The van der Waals surface area contributed by atoms with E-state index in [1.807, 2.05) is 0 Å². The van der Waals surface area contributed by atoms with Gasteiger partial charge in [-0.05, 0) is 17.7 Å². The lowest BCUT2D eigenvalue weighted by Crippen LogP contribution is -2.25. The molecule has 2 aromatic rings. The molecule has 0 spiro atoms. The Bertz CT molecular complexity index is 584. The van der Waals surface area contributed by atoms with Crippen LogP contribution in [-0.4, -0.2) is 5.91 Å². The van der Waals surface area contributed by atoms with Crippen LogP contribution in [0.25, 0.3) is 0 Å². The van der Waals surface area contributed by atoms with Crippen LogP contribution in [0.1, 0.15) is 11.1 Å². The van der Waals surface area contributed by atoms with Gasteiger partial charge in [-0.15, -0.1) is 0 Å². The number of hydrogen-bond donors (Lipinski definition) is 1. The van der Waals surface area contributed by atoms with Gasteiger partial charge < -0.3 is 5.32 Å². The first kappa shape index (κ1) is 13.2. The lowest BCUT2D eigenvalue weighted by Gasteiger charge is -2.07. The summed E-state index contributed by atoms with van der Waals surface area (Å²) in [5.41, 5.74) is 0.734. The summed E-state index contributed by atoms with van der Waals surface area (Å²) in [6, 6.07) is 12.3. The quantitative estimate of drug-likeness (QED) is 0.901. The van der Waals surface area contributed by atoms with Gasteiger partial charge in [-0.3, -0.25) is 4.79 Å². The molecule has 0 aliphatic carbocycles. The van der Waals surface area contributed by atoms with Gasteiger partial charge in [-0.1, -0.05) is 36.4 Å². The molecule has 0 saturated heterocycles. The molecule has 0 aliphatic rings. The Hall–Kier alpha value is -2.23. The minimum absolute atomic E-state index is 0.0544. The molecule has 2 aromatic carbocycles. The van der Waals surface area contributed by atoms with Gasteiger partial charge in [-0.2, -0.15) is 0 Å². The number of benzene rings is 2. The average molecular weight is 261 g/mol. The molecule has 1 amide bonds. The second-order valence-electron chi connectivity index (χ2n) is 4.14. The van der Waals surface area contributed by atoms with E-state index in [1.54, 1.807) is 36.4 Å². The molecule has 2 nitrogen and oxygen atoms in total. The van der Waals surface area contributed by atoms with E-state index in [-0.39, 0.29) is 24.7 Å². The third-order valence-electron chi connectivity index (χ3n) is 2.74. The maximum atomic E-state index is 13.3. The second kappa shape index (κ2) is 6.09. The Morgan fingerprint density at radius 1 is 0.895 bits per heavy atom. The highest BCUT2D eigenvalue weighted by molar-refractivity contribution is 5.78. The Morgan fingerprint density at radius 3 is 2.00 bits per heavy atom. The van der Waals surface area contributed by atoms with Crippen molar-refractivity contribution in [2.24, 2.45) is 0 Å². The van der Waals surface area contributed by atoms with E-state index in [4.69, 9.17) is 0 Å². The molecule has 0 aromatic heterocycles. The maximum absolute atomic E-state index is 13.3. The summed E-state index contributed by atoms with van der Waals surface area (Å²) in [6.45, 7) is 0.0972. The van der Waals surface area contributed by atoms with Crippen molar-refractivity contribution in [3.63, 3.8) is 0 Å². The molecule has 2 rings (SSSR count). The number of amides is 1. The SMILES string of the molecule is O=C(Cc1ccccc1F)NCc1ccccc1F. The van der Waals surface area contributed by atoms with Crippen molar-refractivity contribution in [3.8, 4) is 0 Å². The zero-order valence-electron chi connectivity index (χ0n) is 10.2. The van der Waals surface area contributed by atoms with Crippen molar-refractivity contribution in [1.82, 2.24) is 5.32 Å². The summed E-state index contributed by atoms with van der Waals surface area (Å²) in [4.78, 5) is 11.6. The molecule has 0 atom stereocenters. The molecular formula is C15H13F2NO. The van der Waals surface area contributed by atoms with E-state index in [9.17, 15) is 13.6 Å². The molecule has 0 saturated carbocycles. The normalized spacial score (nSPS) is 10.2. The van der Waals surface area contributed by atoms with Gasteiger partial charge in [0.05, 0.1) is 6.42 Å². The fourth-order valence-corrected chi connectivity index (χ4v) is 1.71. The van der Waals surface area contributed by atoms with Crippen molar-refractivity contribution in [1.29, 1.82) is 0 Å². The van der Waals surface area contributed by atoms with Crippen LogP contribution in [0.5, 0.6) is 0 Å². The summed E-state index contributed by atoms with van der Waals surface area (Å²) >= 11 is 0. The lowest BCUT2D eigenvalue weighted by atomic mass is 10.1. The van der Waals surface area contributed by atoms with Crippen LogP contribution in [0.4, 0.5) is 8.78 Å². The second-order valence-corrected chi connectivity index (χ2v) is 4.14. The Morgan fingerprint density at radius 2 is 1.42 bits per heavy atom. The minimum atomic E-state index is -0.413. The van der Waals surface area contributed by atoms with E-state index in [2.05, 4.69) is 5.32 Å². The van der Waals surface area contributed by atoms with Crippen molar-refractivity contribution in [2.45, 2.75) is 13.0 Å². The van der Waals surface area contributed by atoms with Gasteiger partial charge in [0.15, 0.2) is 0 Å². The molecule has 0 fully saturated rings. The highest BCUT2D eigenvalue weighted by atomic mass is 19.1. The van der Waals surface area contributed by atoms with Gasteiger partial charge in [0.1, 0.15) is 11.6 Å². The Labute approximate surface area is 110 Å². The van der Waals surface area contributed by atoms with Gasteiger partial charge in [-0.25, -0.2) is 8.78 Å². The third-order valence-corrected chi connectivity index (χ3v) is 2.74. The largest absolute Gasteiger partial charge is 0.352 e. The fourth-order valence-electron chi connectivity index (χ4n) is 1.71. The number of rotatable bonds is 4. The summed E-state index contributed by atoms with van der Waals surface area (Å²) in [5.74, 6) is -1.12. The molecule has 19 heavy (non-hydrogen) atoms. The average Bonchev–Trinajstić information content (AvgIpc) is 2.40. The number of carbonyl (C=O) groups excluding carboxylic acids is 1. The van der Waals surface area contributed by atoms with Crippen molar-refractivity contribution >= 4 is 5.91 Å². The molecule has 0 heterocycles. The molecule has 98 valence electrons. The monoisotopic (exact) mass is 261 g/mol. The van der Waals surface area contributed by atoms with Crippen LogP contribution >= 0.6 is 0 Å². The van der Waals surface area contributed by atoms with Gasteiger partial charge >= 0.3 is 0 Å². The maximum Gasteiger partial charge on any atom is 0.224 e. The molecule has 0 aliphatic heterocycles. The molecule has 0 unspecified atom stereocenters. The fraction of sp³-hybridized carbons (Fsp3) is 0.133. The zero-order chi connectivity index (χ0) is 13.7. The highest BCUT2D eigenvalue weighted by Crippen LogP contribution is 2.08. The first-order chi connectivity index (χ1) is 9.16. The Balaban J connectivity index is 1.92. The number of carbonyl (C=O) groups is 1. The summed E-state index contributed by atoms with van der Waals surface area (Å²) in [6.07, 6.45) is -0.0544. The number of hydrogen-bond acceptors (Lipinski definition) is 1. The van der Waals surface area contributed by atoms with Crippen LogP contribution in [0.2, 0.25) is 0 Å². The standard InChI is InChI=1S/C15H13F2NO/c16-13-7-3-1-5-11(13)9-15(19)18-10-12-6-2-4-8-14(12)17/h1-8H,9-10H2,(H,18,19). The van der Waals surface area contributed by atoms with Gasteiger partial charge in [0.2, 0.25) is 5.91 Å². The number of nitrogens with one attached hydrogen (secondary N) is 1. The molecular weight excluding hydrogens is 248 g/mol. The smallest absolute Gasteiger partial charge is 0.224 e. The van der Waals surface area contributed by atoms with Crippen LogP contribution < -0.4 is 5.32 Å². The van der Waals surface area contributed by atoms with Gasteiger partial charge in [0, 0.05) is 12.1 Å². The minimum Gasteiger partial charge on any atom is -0.352 e. The van der Waals surface area contributed by atoms with Crippen LogP contribution in [0.15, 0.2) is 48.5 Å². The molecule has 4 heteroatoms. The predicted octanol–water partition coefficient (Wildman–Crippen LogP) is 2.82. The van der Waals surface area contributed by atoms with Crippen molar-refractivity contribution in [2.75, 3.05) is 0 Å². The van der Waals surface area contributed by atoms with E-state index in [0.717, 1.165) is 0 Å². The topological polar surface area (TPSA) is 29.1 Å². The number of halogens is 2. The third kappa shape index (κ3) is 3.61. The van der Waals surface area contributed by atoms with Crippen LogP contribution in [0.3, 0.4) is 0 Å². The summed E-state index contributed by atoms with van der Waals surface area (Å²) < 4.78 is 26.7. The first-order valence-corrected chi connectivity index (χ1v) is 5.90. The molecule has 0 bridgehead atoms. The molecule has 0 radical (unpaired) electrons. The van der Waals surface area contributed by atoms with Crippen molar-refractivity contribution in [3.05, 3.63) is 71.3 Å². The summed E-state index contributed by atoms with van der Waals surface area (Å²) in [5, 5.41) is 2.57.